The smallest absolute Gasteiger partial charge is 0.266 e. The van der Waals surface area contributed by atoms with Gasteiger partial charge in [-0.05, 0) is 17.8 Å². The summed E-state index contributed by atoms with van der Waals surface area (Å²) in [6, 6.07) is 0. The van der Waals surface area contributed by atoms with Gasteiger partial charge < -0.3 is 0 Å². The van der Waals surface area contributed by atoms with Crippen molar-refractivity contribution in [2.24, 2.45) is 11.0 Å². The van der Waals surface area contributed by atoms with Crippen LogP contribution in [-0.2, 0) is 4.57 Å². The van der Waals surface area contributed by atoms with E-state index in [1.165, 1.54) is 0 Å². The fraction of sp³-hybridized carbons (Fsp3) is 0.750. The van der Waals surface area contributed by atoms with Gasteiger partial charge in [-0.3, -0.25) is 15.6 Å². The Morgan fingerprint density at radius 2 is 2.20 bits per heavy atom. The van der Waals surface area contributed by atoms with Gasteiger partial charge in [-0.2, -0.15) is 0 Å². The van der Waals surface area contributed by atoms with E-state index in [9.17, 15) is 4.57 Å². The van der Waals surface area contributed by atoms with Crippen molar-refractivity contribution < 1.29 is 4.57 Å². The Kier molecular flexibility index (Phi) is 4.73. The summed E-state index contributed by atoms with van der Waals surface area (Å²) >= 11 is 5.76. The fourth-order valence-electron chi connectivity index (χ4n) is 0.409. The molecule has 6 heteroatoms. The molecule has 0 saturated carbocycles. The average molecular weight is 198 g/mol. The lowest BCUT2D eigenvalue weighted by molar-refractivity contribution is 0.587. The van der Waals surface area contributed by atoms with Gasteiger partial charge in [0.2, 0.25) is 0 Å². The van der Waals surface area contributed by atoms with Crippen molar-refractivity contribution in [3.63, 3.8) is 0 Å². The van der Waals surface area contributed by atoms with Gasteiger partial charge in [0.25, 0.3) is 6.65 Å². The maximum atomic E-state index is 10.7. The van der Waals surface area contributed by atoms with Crippen molar-refractivity contribution in [2.75, 3.05) is 0 Å². The third-order valence-corrected chi connectivity index (χ3v) is 3.73. The zero-order chi connectivity index (χ0) is 8.20. The third-order valence-electron chi connectivity index (χ3n) is 0.699. The molecule has 0 aromatic heterocycles. The normalized spacial score (nSPS) is 11.5. The van der Waals surface area contributed by atoms with Crippen LogP contribution in [0.4, 0.5) is 0 Å². The van der Waals surface area contributed by atoms with Gasteiger partial charge in [0.15, 0.2) is 0 Å². The number of nitrogens with two attached hydrogens (primary N) is 2. The maximum absolute atomic E-state index is 10.7. The Labute approximate surface area is 70.1 Å². The summed E-state index contributed by atoms with van der Waals surface area (Å²) in [5.74, 6) is 0. The number of rotatable bonds is 3. The van der Waals surface area contributed by atoms with Gasteiger partial charge in [0.1, 0.15) is 0 Å². The lowest BCUT2D eigenvalue weighted by Crippen LogP contribution is -2.02. The second-order valence-corrected chi connectivity index (χ2v) is 6.84. The Morgan fingerprint density at radius 1 is 1.70 bits per heavy atom. The zero-order valence-electron chi connectivity index (χ0n) is 5.74. The molecule has 0 radical (unpaired) electrons. The molecule has 0 aromatic rings. The summed E-state index contributed by atoms with van der Waals surface area (Å²) in [6.07, 6.45) is 1.68. The summed E-state index contributed by atoms with van der Waals surface area (Å²) in [4.78, 5) is 0. The minimum atomic E-state index is -2.98. The van der Waals surface area contributed by atoms with E-state index in [0.29, 0.717) is 4.20 Å². The molecule has 0 amide bonds. The molecule has 0 aliphatic heterocycles. The van der Waals surface area contributed by atoms with Crippen molar-refractivity contribution in [1.29, 1.82) is 0 Å². The van der Waals surface area contributed by atoms with Crippen LogP contribution in [0.1, 0.15) is 19.8 Å². The van der Waals surface area contributed by atoms with Crippen LogP contribution >= 0.6 is 30.2 Å². The molecule has 10 heavy (non-hydrogen) atoms. The second kappa shape index (κ2) is 4.46. The molecule has 4 N–H and O–H groups in total. The molecule has 0 saturated heterocycles. The Bertz CT molecular complexity index is 167. The average Bonchev–Trinajstić information content (AvgIpc) is 1.59. The number of hydrogen-bond acceptors (Lipinski definition) is 3. The lowest BCUT2D eigenvalue weighted by Gasteiger charge is -2.04. The molecule has 0 spiro atoms. The summed E-state index contributed by atoms with van der Waals surface area (Å²) < 4.78 is 11.4. The monoisotopic (exact) mass is 198 g/mol. The highest BCUT2D eigenvalue weighted by atomic mass is 32.7. The van der Waals surface area contributed by atoms with Crippen LogP contribution in [0.5, 0.6) is 0 Å². The van der Waals surface area contributed by atoms with Crippen LogP contribution in [0.2, 0.25) is 0 Å². The minimum absolute atomic E-state index is 0.635. The van der Waals surface area contributed by atoms with Gasteiger partial charge in [-0.1, -0.05) is 25.6 Å². The number of thiocarbonyl (C=S) groups is 1. The van der Waals surface area contributed by atoms with Gasteiger partial charge in [-0.15, -0.1) is 0 Å². The van der Waals surface area contributed by atoms with Crippen LogP contribution in [0.25, 0.3) is 0 Å². The molecule has 60 valence electrons. The van der Waals surface area contributed by atoms with E-state index in [-0.39, 0.29) is 0 Å². The predicted molar refractivity (Wildman–Crippen MR) is 51.1 cm³/mol. The summed E-state index contributed by atoms with van der Waals surface area (Å²) in [5, 5.41) is 0. The molecule has 0 rings (SSSR count). The van der Waals surface area contributed by atoms with Crippen LogP contribution < -0.4 is 11.0 Å². The van der Waals surface area contributed by atoms with Gasteiger partial charge in [0, 0.05) is 0 Å². The van der Waals surface area contributed by atoms with Crippen LogP contribution in [0, 0.1) is 0 Å². The first-order chi connectivity index (χ1) is 4.45. The molecule has 0 bridgehead atoms. The Hall–Kier alpha value is 0.590. The van der Waals surface area contributed by atoms with Crippen molar-refractivity contribution in [2.45, 2.75) is 19.8 Å². The van der Waals surface area contributed by atoms with E-state index < -0.39 is 6.65 Å². The first kappa shape index (κ1) is 10.6. The summed E-state index contributed by atoms with van der Waals surface area (Å²) in [6.45, 7) is -0.985. The van der Waals surface area contributed by atoms with Gasteiger partial charge >= 0.3 is 0 Å². The molecule has 0 aliphatic carbocycles. The summed E-state index contributed by atoms with van der Waals surface area (Å²) in [7, 11) is 0. The van der Waals surface area contributed by atoms with Crippen molar-refractivity contribution in [3.8, 4) is 0 Å². The highest BCUT2D eigenvalue weighted by Crippen LogP contribution is 2.44. The molecule has 0 aromatic carbocycles. The SMILES string of the molecule is CCCC(=S)SP(N)(N)=O. The van der Waals surface area contributed by atoms with E-state index in [0.717, 1.165) is 24.2 Å². The van der Waals surface area contributed by atoms with E-state index in [2.05, 4.69) is 0 Å². The fourth-order valence-corrected chi connectivity index (χ4v) is 3.50. The van der Waals surface area contributed by atoms with Crippen LogP contribution in [0.3, 0.4) is 0 Å². The van der Waals surface area contributed by atoms with Crippen molar-refractivity contribution in [3.05, 3.63) is 0 Å². The van der Waals surface area contributed by atoms with E-state index in [1.807, 2.05) is 6.92 Å². The zero-order valence-corrected chi connectivity index (χ0v) is 8.27. The first-order valence-electron chi connectivity index (χ1n) is 2.85. The number of hydrogen-bond donors (Lipinski definition) is 2. The van der Waals surface area contributed by atoms with Gasteiger partial charge in [-0.25, -0.2) is 0 Å². The highest BCUT2D eigenvalue weighted by Gasteiger charge is 2.11. The molecule has 0 heterocycles. The molecule has 0 fully saturated rings. The molecular formula is C4H11N2OPS2. The topological polar surface area (TPSA) is 69.1 Å². The molecule has 0 atom stereocenters. The second-order valence-electron chi connectivity index (χ2n) is 1.86. The Balaban J connectivity index is 3.70. The third kappa shape index (κ3) is 6.71. The predicted octanol–water partition coefficient (Wildman–Crippen LogP) is 1.87. The highest BCUT2D eigenvalue weighted by molar-refractivity contribution is 8.66. The van der Waals surface area contributed by atoms with Crippen LogP contribution in [-0.4, -0.2) is 4.20 Å². The molecule has 3 nitrogen and oxygen atoms in total. The maximum Gasteiger partial charge on any atom is 0.266 e. The van der Waals surface area contributed by atoms with E-state index >= 15 is 0 Å². The van der Waals surface area contributed by atoms with Gasteiger partial charge in [0.05, 0.1) is 4.20 Å². The molecule has 0 aliphatic rings. The molecule has 0 unspecified atom stereocenters. The van der Waals surface area contributed by atoms with E-state index in [1.54, 1.807) is 0 Å². The Morgan fingerprint density at radius 3 is 2.50 bits per heavy atom. The minimum Gasteiger partial charge on any atom is -0.277 e. The summed E-state index contributed by atoms with van der Waals surface area (Å²) in [5.41, 5.74) is 10.2. The standard InChI is InChI=1S/C4H11N2OPS2/c1-2-3-4(9)10-8(5,6)7/h2-3H2,1H3,(H4,5,6,7). The van der Waals surface area contributed by atoms with Crippen molar-refractivity contribution in [1.82, 2.24) is 0 Å². The van der Waals surface area contributed by atoms with E-state index in [4.69, 9.17) is 23.2 Å². The largest absolute Gasteiger partial charge is 0.277 e. The van der Waals surface area contributed by atoms with Crippen LogP contribution in [0.15, 0.2) is 0 Å². The first-order valence-corrected chi connectivity index (χ1v) is 6.53. The quantitative estimate of drug-likeness (QED) is 0.535. The van der Waals surface area contributed by atoms with Crippen molar-refractivity contribution >= 4 is 34.4 Å². The molecular weight excluding hydrogens is 187 g/mol. The lowest BCUT2D eigenvalue weighted by atomic mass is 10.4.